The summed E-state index contributed by atoms with van der Waals surface area (Å²) in [7, 11) is 2.25. The number of piperidine rings is 1. The van der Waals surface area contributed by atoms with Gasteiger partial charge in [-0.3, -0.25) is 0 Å². The molecule has 2 aromatic rings. The molecular weight excluding hydrogens is 246 g/mol. The Labute approximate surface area is 121 Å². The summed E-state index contributed by atoms with van der Waals surface area (Å²) in [5, 5.41) is 4.82. The number of nitrogens with one attached hydrogen (secondary N) is 2. The number of aromatic amines is 1. The maximum absolute atomic E-state index is 3.50. The number of hydrogen-bond acceptors (Lipinski definition) is 2. The Morgan fingerprint density at radius 3 is 2.75 bits per heavy atom. The third-order valence-corrected chi connectivity index (χ3v) is 4.48. The van der Waals surface area contributed by atoms with Gasteiger partial charge < -0.3 is 15.2 Å². The molecule has 0 radical (unpaired) electrons. The summed E-state index contributed by atoms with van der Waals surface area (Å²) in [6.07, 6.45) is 2.63. The molecule has 1 fully saturated rings. The average Bonchev–Trinajstić information content (AvgIpc) is 2.76. The third-order valence-electron chi connectivity index (χ3n) is 4.48. The molecule has 108 valence electrons. The lowest BCUT2D eigenvalue weighted by Crippen LogP contribution is -2.34. The second-order valence-electron chi connectivity index (χ2n) is 6.16. The van der Waals surface area contributed by atoms with E-state index in [0.717, 1.165) is 12.5 Å². The minimum atomic E-state index is 0.853. The lowest BCUT2D eigenvalue weighted by Gasteiger charge is -2.27. The van der Waals surface area contributed by atoms with E-state index in [9.17, 15) is 0 Å². The Morgan fingerprint density at radius 2 is 1.95 bits per heavy atom. The first-order chi connectivity index (χ1) is 9.74. The number of para-hydroxylation sites is 1. The minimum absolute atomic E-state index is 0.853. The predicted molar refractivity (Wildman–Crippen MR) is 85.0 cm³/mol. The van der Waals surface area contributed by atoms with Crippen LogP contribution in [0, 0.1) is 12.8 Å². The summed E-state index contributed by atoms with van der Waals surface area (Å²) < 4.78 is 0. The van der Waals surface area contributed by atoms with Crippen molar-refractivity contribution >= 4 is 10.9 Å². The van der Waals surface area contributed by atoms with E-state index in [-0.39, 0.29) is 0 Å². The first-order valence-electron chi connectivity index (χ1n) is 7.69. The molecule has 0 spiro atoms. The SMILES string of the molecule is Cc1[nH]c2ccccc2c1CN(C)CC1CCNCC1. The van der Waals surface area contributed by atoms with Crippen molar-refractivity contribution < 1.29 is 0 Å². The standard InChI is InChI=1S/C17H25N3/c1-13-16(15-5-3-4-6-17(15)19-13)12-20(2)11-14-7-9-18-10-8-14/h3-6,14,18-19H,7-12H2,1-2H3. The number of rotatable bonds is 4. The molecule has 0 saturated carbocycles. The van der Waals surface area contributed by atoms with Crippen molar-refractivity contribution in [2.75, 3.05) is 26.7 Å². The van der Waals surface area contributed by atoms with Gasteiger partial charge in [0.15, 0.2) is 0 Å². The quantitative estimate of drug-likeness (QED) is 0.896. The van der Waals surface area contributed by atoms with Gasteiger partial charge in [-0.1, -0.05) is 18.2 Å². The van der Waals surface area contributed by atoms with E-state index in [2.05, 4.69) is 53.4 Å². The van der Waals surface area contributed by atoms with Crippen molar-refractivity contribution in [1.82, 2.24) is 15.2 Å². The molecule has 2 N–H and O–H groups in total. The van der Waals surface area contributed by atoms with E-state index >= 15 is 0 Å². The normalized spacial score (nSPS) is 17.1. The molecular formula is C17H25N3. The highest BCUT2D eigenvalue weighted by atomic mass is 15.1. The molecule has 0 atom stereocenters. The van der Waals surface area contributed by atoms with Crippen LogP contribution in [0.1, 0.15) is 24.1 Å². The molecule has 3 heteroatoms. The van der Waals surface area contributed by atoms with Gasteiger partial charge in [-0.25, -0.2) is 0 Å². The van der Waals surface area contributed by atoms with E-state index in [1.165, 1.54) is 54.6 Å². The lowest BCUT2D eigenvalue weighted by molar-refractivity contribution is 0.235. The molecule has 0 aliphatic carbocycles. The van der Waals surface area contributed by atoms with Gasteiger partial charge in [0.2, 0.25) is 0 Å². The molecule has 1 aromatic heterocycles. The minimum Gasteiger partial charge on any atom is -0.358 e. The summed E-state index contributed by atoms with van der Waals surface area (Å²) in [6.45, 7) is 6.81. The number of aryl methyl sites for hydroxylation is 1. The number of H-pyrrole nitrogens is 1. The van der Waals surface area contributed by atoms with Crippen molar-refractivity contribution in [3.05, 3.63) is 35.5 Å². The number of nitrogens with zero attached hydrogens (tertiary/aromatic N) is 1. The van der Waals surface area contributed by atoms with E-state index < -0.39 is 0 Å². The molecule has 2 heterocycles. The largest absolute Gasteiger partial charge is 0.358 e. The zero-order valence-corrected chi connectivity index (χ0v) is 12.6. The average molecular weight is 271 g/mol. The van der Waals surface area contributed by atoms with E-state index in [1.807, 2.05) is 0 Å². The molecule has 0 bridgehead atoms. The molecule has 1 aliphatic heterocycles. The number of benzene rings is 1. The molecule has 3 rings (SSSR count). The predicted octanol–water partition coefficient (Wildman–Crippen LogP) is 2.91. The molecule has 1 saturated heterocycles. The van der Waals surface area contributed by atoms with Gasteiger partial charge >= 0.3 is 0 Å². The van der Waals surface area contributed by atoms with Crippen LogP contribution in [-0.4, -0.2) is 36.6 Å². The van der Waals surface area contributed by atoms with Gasteiger partial charge in [0.1, 0.15) is 0 Å². The van der Waals surface area contributed by atoms with Crippen molar-refractivity contribution in [2.24, 2.45) is 5.92 Å². The second-order valence-corrected chi connectivity index (χ2v) is 6.16. The summed E-state index contributed by atoms with van der Waals surface area (Å²) in [4.78, 5) is 5.98. The van der Waals surface area contributed by atoms with Crippen LogP contribution in [0.15, 0.2) is 24.3 Å². The lowest BCUT2D eigenvalue weighted by atomic mass is 9.97. The fourth-order valence-electron chi connectivity index (χ4n) is 3.38. The van der Waals surface area contributed by atoms with Crippen LogP contribution in [0.25, 0.3) is 10.9 Å². The fraction of sp³-hybridized carbons (Fsp3) is 0.529. The Morgan fingerprint density at radius 1 is 1.20 bits per heavy atom. The van der Waals surface area contributed by atoms with E-state index in [4.69, 9.17) is 0 Å². The Balaban J connectivity index is 1.70. The summed E-state index contributed by atoms with van der Waals surface area (Å²) >= 11 is 0. The highest BCUT2D eigenvalue weighted by molar-refractivity contribution is 5.84. The van der Waals surface area contributed by atoms with Gasteiger partial charge in [-0.15, -0.1) is 0 Å². The van der Waals surface area contributed by atoms with E-state index in [0.29, 0.717) is 0 Å². The molecule has 20 heavy (non-hydrogen) atoms. The summed E-state index contributed by atoms with van der Waals surface area (Å²) in [6, 6.07) is 8.62. The number of aromatic nitrogens is 1. The third kappa shape index (κ3) is 2.89. The summed E-state index contributed by atoms with van der Waals surface area (Å²) in [5.41, 5.74) is 4.02. The fourth-order valence-corrected chi connectivity index (χ4v) is 3.38. The van der Waals surface area contributed by atoms with Gasteiger partial charge in [0.25, 0.3) is 0 Å². The van der Waals surface area contributed by atoms with Crippen molar-refractivity contribution in [2.45, 2.75) is 26.3 Å². The van der Waals surface area contributed by atoms with Crippen LogP contribution >= 0.6 is 0 Å². The topological polar surface area (TPSA) is 31.1 Å². The Hall–Kier alpha value is -1.32. The number of hydrogen-bond donors (Lipinski definition) is 2. The molecule has 3 nitrogen and oxygen atoms in total. The van der Waals surface area contributed by atoms with Gasteiger partial charge in [0.05, 0.1) is 0 Å². The highest BCUT2D eigenvalue weighted by Crippen LogP contribution is 2.23. The molecule has 1 aromatic carbocycles. The van der Waals surface area contributed by atoms with Crippen molar-refractivity contribution in [1.29, 1.82) is 0 Å². The number of fused-ring (bicyclic) bond motifs is 1. The Bertz CT molecular complexity index is 567. The zero-order chi connectivity index (χ0) is 13.9. The second kappa shape index (κ2) is 5.98. The van der Waals surface area contributed by atoms with Crippen LogP contribution in [0.3, 0.4) is 0 Å². The molecule has 0 amide bonds. The molecule has 1 aliphatic rings. The monoisotopic (exact) mass is 271 g/mol. The van der Waals surface area contributed by atoms with E-state index in [1.54, 1.807) is 0 Å². The van der Waals surface area contributed by atoms with Crippen LogP contribution in [-0.2, 0) is 6.54 Å². The van der Waals surface area contributed by atoms with Crippen LogP contribution < -0.4 is 5.32 Å². The van der Waals surface area contributed by atoms with Crippen LogP contribution in [0.4, 0.5) is 0 Å². The molecule has 0 unspecified atom stereocenters. The maximum Gasteiger partial charge on any atom is 0.0459 e. The first kappa shape index (κ1) is 13.7. The first-order valence-corrected chi connectivity index (χ1v) is 7.69. The maximum atomic E-state index is 3.50. The zero-order valence-electron chi connectivity index (χ0n) is 12.6. The van der Waals surface area contributed by atoms with Gasteiger partial charge in [-0.2, -0.15) is 0 Å². The Kier molecular flexibility index (Phi) is 4.08. The van der Waals surface area contributed by atoms with Gasteiger partial charge in [-0.05, 0) is 57.5 Å². The van der Waals surface area contributed by atoms with Crippen molar-refractivity contribution in [3.8, 4) is 0 Å². The van der Waals surface area contributed by atoms with Crippen LogP contribution in [0.5, 0.6) is 0 Å². The van der Waals surface area contributed by atoms with Crippen molar-refractivity contribution in [3.63, 3.8) is 0 Å². The van der Waals surface area contributed by atoms with Crippen LogP contribution in [0.2, 0.25) is 0 Å². The van der Waals surface area contributed by atoms with Gasteiger partial charge in [0, 0.05) is 29.7 Å². The summed E-state index contributed by atoms with van der Waals surface area (Å²) in [5.74, 6) is 0.853. The highest BCUT2D eigenvalue weighted by Gasteiger charge is 2.16. The smallest absolute Gasteiger partial charge is 0.0459 e.